The molecular formula is C51H48O19. The summed E-state index contributed by atoms with van der Waals surface area (Å²) in [7, 11) is 0. The number of phenols is 11. The Morgan fingerprint density at radius 3 is 0.929 bits per heavy atom. The second-order valence-corrected chi connectivity index (χ2v) is 16.3. The third-order valence-corrected chi connectivity index (χ3v) is 11.6. The molecule has 0 aliphatic heterocycles. The highest BCUT2D eigenvalue weighted by Crippen LogP contribution is 2.39. The van der Waals surface area contributed by atoms with Gasteiger partial charge in [-0.1, -0.05) is 37.8 Å². The average molecular weight is 965 g/mol. The van der Waals surface area contributed by atoms with Gasteiger partial charge < -0.3 is 75.1 Å². The van der Waals surface area contributed by atoms with E-state index in [0.29, 0.717) is 5.56 Å². The third-order valence-electron chi connectivity index (χ3n) is 11.6. The highest BCUT2D eigenvalue weighted by atomic mass is 16.6. The number of carbonyl (C=O) groups is 4. The van der Waals surface area contributed by atoms with E-state index in [1.807, 2.05) is 24.3 Å². The van der Waals surface area contributed by atoms with Gasteiger partial charge in [-0.15, -0.1) is 0 Å². The first-order valence-electron chi connectivity index (χ1n) is 20.9. The molecule has 4 atom stereocenters. The van der Waals surface area contributed by atoms with Crippen LogP contribution in [0.3, 0.4) is 0 Å². The zero-order valence-corrected chi connectivity index (χ0v) is 36.5. The first-order valence-corrected chi connectivity index (χ1v) is 20.9. The standard InChI is InChI=1S/C25H22O10.C25H22O9.CH4/c1-11-17(27)5-14(6-18(11)28)24(32)35-22-10-13-4-16(26)3-2-12(13)9-21(22)34-25(33)15-7-19(29)23(31)20(30)8-15;1-12-17(26)6-15(7-18(12)27)24(31)33-21-10-13-4-2-3-5-14(13)11-22(21)34-25(32)16-8-19(28)23(30)20(29)9-16;/h2-8,21-22,26-31H,9-10H2,1H3;2-9,21-22,26-30H,10-11H2,1H3;1H4/t2*21-,22+;/m10./s1. The smallest absolute Gasteiger partial charge is 0.338 e. The maximum absolute atomic E-state index is 12.8. The van der Waals surface area contributed by atoms with Crippen molar-refractivity contribution < 1.29 is 94.3 Å². The molecule has 366 valence electrons. The molecule has 0 heterocycles. The molecule has 0 unspecified atom stereocenters. The lowest BCUT2D eigenvalue weighted by Crippen LogP contribution is -2.41. The zero-order valence-electron chi connectivity index (χ0n) is 36.5. The largest absolute Gasteiger partial charge is 0.508 e. The molecule has 8 rings (SSSR count). The zero-order chi connectivity index (χ0) is 50.0. The van der Waals surface area contributed by atoms with E-state index in [1.165, 1.54) is 38.1 Å². The maximum Gasteiger partial charge on any atom is 0.338 e. The van der Waals surface area contributed by atoms with Gasteiger partial charge in [0.25, 0.3) is 0 Å². The molecule has 2 aliphatic carbocycles. The van der Waals surface area contributed by atoms with Crippen molar-refractivity contribution in [3.63, 3.8) is 0 Å². The van der Waals surface area contributed by atoms with E-state index < -0.39 is 82.8 Å². The van der Waals surface area contributed by atoms with Crippen LogP contribution < -0.4 is 0 Å². The monoisotopic (exact) mass is 964 g/mol. The van der Waals surface area contributed by atoms with Crippen LogP contribution >= 0.6 is 0 Å². The van der Waals surface area contributed by atoms with E-state index in [4.69, 9.17) is 18.9 Å². The number of hydrogen-bond donors (Lipinski definition) is 11. The van der Waals surface area contributed by atoms with Gasteiger partial charge in [-0.05, 0) is 96.8 Å². The van der Waals surface area contributed by atoms with Gasteiger partial charge in [-0.3, -0.25) is 0 Å². The van der Waals surface area contributed by atoms with Gasteiger partial charge in [0.15, 0.2) is 34.5 Å². The average Bonchev–Trinajstić information content (AvgIpc) is 3.30. The minimum Gasteiger partial charge on any atom is -0.508 e. The molecule has 0 bridgehead atoms. The van der Waals surface area contributed by atoms with Crippen molar-refractivity contribution in [1.29, 1.82) is 0 Å². The van der Waals surface area contributed by atoms with Gasteiger partial charge in [0.2, 0.25) is 0 Å². The fraction of sp³-hybridized carbons (Fsp3) is 0.216. The summed E-state index contributed by atoms with van der Waals surface area (Å²) in [6.45, 7) is 2.96. The normalized spacial score (nSPS) is 16.7. The molecule has 19 heteroatoms. The van der Waals surface area contributed by atoms with Crippen molar-refractivity contribution >= 4 is 23.9 Å². The summed E-state index contributed by atoms with van der Waals surface area (Å²) in [6, 6.07) is 20.4. The van der Waals surface area contributed by atoms with Crippen molar-refractivity contribution in [2.75, 3.05) is 0 Å². The van der Waals surface area contributed by atoms with Crippen LogP contribution in [0.15, 0.2) is 91.0 Å². The van der Waals surface area contributed by atoms with E-state index in [0.717, 1.165) is 53.1 Å². The van der Waals surface area contributed by atoms with E-state index in [9.17, 15) is 75.3 Å². The number of benzene rings is 6. The molecule has 70 heavy (non-hydrogen) atoms. The van der Waals surface area contributed by atoms with Crippen LogP contribution in [0.4, 0.5) is 0 Å². The van der Waals surface area contributed by atoms with Gasteiger partial charge in [0.1, 0.15) is 53.2 Å². The minimum atomic E-state index is -1.01. The first-order chi connectivity index (χ1) is 32.7. The van der Waals surface area contributed by atoms with Gasteiger partial charge in [-0.25, -0.2) is 19.2 Å². The van der Waals surface area contributed by atoms with E-state index in [2.05, 4.69) is 0 Å². The van der Waals surface area contributed by atoms with Crippen LogP contribution in [0.2, 0.25) is 0 Å². The predicted molar refractivity (Wildman–Crippen MR) is 245 cm³/mol. The van der Waals surface area contributed by atoms with E-state index >= 15 is 0 Å². The van der Waals surface area contributed by atoms with E-state index in [-0.39, 0.29) is 95.2 Å². The quantitative estimate of drug-likeness (QED) is 0.0441. The van der Waals surface area contributed by atoms with Crippen LogP contribution in [0, 0.1) is 13.8 Å². The molecule has 0 amide bonds. The number of phenolic OH excluding ortho intramolecular Hbond substituents is 11. The molecule has 19 nitrogen and oxygen atoms in total. The molecule has 0 saturated heterocycles. The summed E-state index contributed by atoms with van der Waals surface area (Å²) in [5.41, 5.74) is 2.99. The number of rotatable bonds is 8. The molecule has 6 aromatic carbocycles. The van der Waals surface area contributed by atoms with Crippen LogP contribution in [0.25, 0.3) is 0 Å². The molecule has 6 aromatic rings. The van der Waals surface area contributed by atoms with Gasteiger partial charge in [0, 0.05) is 36.8 Å². The fourth-order valence-corrected chi connectivity index (χ4v) is 7.69. The molecule has 0 radical (unpaired) electrons. The Morgan fingerprint density at radius 2 is 0.629 bits per heavy atom. The predicted octanol–water partition coefficient (Wildman–Crippen LogP) is 6.49. The molecule has 0 spiro atoms. The summed E-state index contributed by atoms with van der Waals surface area (Å²) in [4.78, 5) is 51.1. The lowest BCUT2D eigenvalue weighted by molar-refractivity contribution is -0.0390. The number of fused-ring (bicyclic) bond motifs is 2. The number of aromatic hydroxyl groups is 11. The molecule has 11 N–H and O–H groups in total. The lowest BCUT2D eigenvalue weighted by atomic mass is 9.87. The second-order valence-electron chi connectivity index (χ2n) is 16.3. The highest BCUT2D eigenvalue weighted by molar-refractivity contribution is 5.93. The van der Waals surface area contributed by atoms with Crippen LogP contribution in [-0.2, 0) is 44.6 Å². The third kappa shape index (κ3) is 10.9. The summed E-state index contributed by atoms with van der Waals surface area (Å²) >= 11 is 0. The van der Waals surface area contributed by atoms with Crippen LogP contribution in [0.1, 0.15) is 82.2 Å². The summed E-state index contributed by atoms with van der Waals surface area (Å²) < 4.78 is 22.3. The molecule has 0 aromatic heterocycles. The Bertz CT molecular complexity index is 2820. The maximum atomic E-state index is 12.8. The second kappa shape index (κ2) is 20.5. The molecule has 0 saturated carbocycles. The summed E-state index contributed by atoms with van der Waals surface area (Å²) in [6.07, 6.45) is -3.10. The van der Waals surface area contributed by atoms with Crippen molar-refractivity contribution in [3.8, 4) is 63.2 Å². The van der Waals surface area contributed by atoms with Crippen molar-refractivity contribution in [1.82, 2.24) is 0 Å². The Balaban J connectivity index is 0.000000226. The van der Waals surface area contributed by atoms with E-state index in [1.54, 1.807) is 6.07 Å². The number of ether oxygens (including phenoxy) is 4. The lowest BCUT2D eigenvalue weighted by Gasteiger charge is -2.32. The summed E-state index contributed by atoms with van der Waals surface area (Å²) in [5, 5.41) is 107. The van der Waals surface area contributed by atoms with Crippen molar-refractivity contribution in [2.45, 2.75) is 71.4 Å². The van der Waals surface area contributed by atoms with Gasteiger partial charge >= 0.3 is 23.9 Å². The Kier molecular flexibility index (Phi) is 14.7. The first kappa shape index (κ1) is 50.4. The minimum absolute atomic E-state index is 0. The number of carbonyl (C=O) groups excluding carboxylic acids is 4. The van der Waals surface area contributed by atoms with Crippen molar-refractivity contribution in [2.24, 2.45) is 0 Å². The number of esters is 4. The Hall–Kier alpha value is -9.00. The van der Waals surface area contributed by atoms with Crippen molar-refractivity contribution in [3.05, 3.63) is 147 Å². The molecule has 0 fully saturated rings. The van der Waals surface area contributed by atoms with Crippen LogP contribution in [-0.4, -0.2) is 104 Å². The van der Waals surface area contributed by atoms with Gasteiger partial charge in [-0.2, -0.15) is 0 Å². The molecule has 2 aliphatic rings. The highest BCUT2D eigenvalue weighted by Gasteiger charge is 2.37. The van der Waals surface area contributed by atoms with Gasteiger partial charge in [0.05, 0.1) is 22.3 Å². The Morgan fingerprint density at radius 1 is 0.371 bits per heavy atom. The summed E-state index contributed by atoms with van der Waals surface area (Å²) in [5.74, 6) is -9.06. The fourth-order valence-electron chi connectivity index (χ4n) is 7.69. The number of hydrogen-bond acceptors (Lipinski definition) is 19. The Labute approximate surface area is 398 Å². The van der Waals surface area contributed by atoms with Crippen LogP contribution in [0.5, 0.6) is 63.2 Å². The SMILES string of the molecule is C.Cc1c(O)cc(C(=O)O[C@H]2Cc3cc(O)ccc3C[C@H]2OC(=O)c2cc(O)c(O)c(O)c2)cc1O.Cc1c(O)cc(C(=O)O[C@H]2Cc3ccccc3C[C@H]2OC(=O)c2cc(O)c(O)c(O)c2)cc1O. The molecular weight excluding hydrogens is 917 g/mol. The topological polar surface area (TPSA) is 328 Å².